The van der Waals surface area contributed by atoms with Gasteiger partial charge in [0, 0.05) is 18.7 Å². The zero-order valence-corrected chi connectivity index (χ0v) is 18.4. The zero-order valence-electron chi connectivity index (χ0n) is 16.8. The number of hydrogen-bond acceptors (Lipinski definition) is 6. The summed E-state index contributed by atoms with van der Waals surface area (Å²) in [5.41, 5.74) is 1.06. The summed E-state index contributed by atoms with van der Waals surface area (Å²) in [5, 5.41) is 3.23. The number of para-hydroxylation sites is 1. The van der Waals surface area contributed by atoms with Crippen LogP contribution in [-0.2, 0) is 10.0 Å². The number of hydrogen-bond donors (Lipinski definition) is 1. The molecule has 3 aromatic rings. The number of fused-ring (bicyclic) bond motifs is 1. The average Bonchev–Trinajstić information content (AvgIpc) is 3.42. The Bertz CT molecular complexity index is 1170. The van der Waals surface area contributed by atoms with Crippen LogP contribution in [0.5, 0.6) is 5.75 Å². The molecule has 1 aromatic heterocycles. The van der Waals surface area contributed by atoms with E-state index in [2.05, 4.69) is 10.3 Å². The van der Waals surface area contributed by atoms with Crippen LogP contribution in [0.1, 0.15) is 36.0 Å². The van der Waals surface area contributed by atoms with Crippen molar-refractivity contribution in [2.45, 2.75) is 36.6 Å². The molecule has 0 spiro atoms. The fourth-order valence-electron chi connectivity index (χ4n) is 3.72. The van der Waals surface area contributed by atoms with Crippen molar-refractivity contribution >= 4 is 42.6 Å². The first-order chi connectivity index (χ1) is 14.4. The molecule has 0 saturated heterocycles. The second-order valence-electron chi connectivity index (χ2n) is 7.26. The van der Waals surface area contributed by atoms with Gasteiger partial charge in [-0.25, -0.2) is 13.4 Å². The molecule has 0 atom stereocenters. The predicted molar refractivity (Wildman–Crippen MR) is 118 cm³/mol. The van der Waals surface area contributed by atoms with E-state index in [-0.39, 0.29) is 16.8 Å². The van der Waals surface area contributed by atoms with Crippen LogP contribution >= 0.6 is 11.3 Å². The second kappa shape index (κ2) is 8.33. The van der Waals surface area contributed by atoms with Gasteiger partial charge < -0.3 is 4.74 Å². The number of methoxy groups -OCH3 is 1. The van der Waals surface area contributed by atoms with Gasteiger partial charge in [0.2, 0.25) is 10.0 Å². The SMILES string of the molecule is COc1cccc2sc(NC(=O)c3ccc(S(=O)(=O)N(C)C4CCCC4)cc3)nc12. The Labute approximate surface area is 179 Å². The number of anilines is 1. The average molecular weight is 446 g/mol. The quantitative estimate of drug-likeness (QED) is 0.617. The summed E-state index contributed by atoms with van der Waals surface area (Å²) < 4.78 is 33.4. The van der Waals surface area contributed by atoms with Gasteiger partial charge in [0.15, 0.2) is 5.13 Å². The molecule has 1 aliphatic rings. The minimum atomic E-state index is -3.57. The molecule has 0 unspecified atom stereocenters. The molecular weight excluding hydrogens is 422 g/mol. The molecule has 0 bridgehead atoms. The highest BCUT2D eigenvalue weighted by Gasteiger charge is 2.30. The smallest absolute Gasteiger partial charge is 0.257 e. The van der Waals surface area contributed by atoms with E-state index in [0.717, 1.165) is 30.4 Å². The van der Waals surface area contributed by atoms with E-state index in [4.69, 9.17) is 4.74 Å². The number of carbonyl (C=O) groups is 1. The standard InChI is InChI=1S/C21H23N3O4S2/c1-24(15-6-3-4-7-15)30(26,27)16-12-10-14(11-13-16)20(25)23-21-22-19-17(28-2)8-5-9-18(19)29-21/h5,8-13,15H,3-4,6-7H2,1-2H3,(H,22,23,25). The molecule has 1 saturated carbocycles. The number of nitrogens with one attached hydrogen (secondary N) is 1. The lowest BCUT2D eigenvalue weighted by Gasteiger charge is -2.23. The predicted octanol–water partition coefficient (Wildman–Crippen LogP) is 4.12. The number of nitrogens with zero attached hydrogens (tertiary/aromatic N) is 2. The molecule has 7 nitrogen and oxygen atoms in total. The van der Waals surface area contributed by atoms with Gasteiger partial charge in [0.05, 0.1) is 16.7 Å². The Morgan fingerprint density at radius 2 is 1.87 bits per heavy atom. The largest absolute Gasteiger partial charge is 0.494 e. The van der Waals surface area contributed by atoms with Crippen LogP contribution in [-0.4, -0.2) is 43.8 Å². The Balaban J connectivity index is 1.50. The van der Waals surface area contributed by atoms with Crippen molar-refractivity contribution in [3.63, 3.8) is 0 Å². The number of ether oxygens (including phenoxy) is 1. The Morgan fingerprint density at radius 1 is 1.17 bits per heavy atom. The van der Waals surface area contributed by atoms with Crippen LogP contribution in [0.3, 0.4) is 0 Å². The van der Waals surface area contributed by atoms with Gasteiger partial charge in [-0.15, -0.1) is 0 Å². The third-order valence-corrected chi connectivity index (χ3v) is 8.32. The molecule has 1 heterocycles. The fourth-order valence-corrected chi connectivity index (χ4v) is 6.01. The molecule has 9 heteroatoms. The monoisotopic (exact) mass is 445 g/mol. The minimum absolute atomic E-state index is 0.0500. The molecule has 4 rings (SSSR count). The number of sulfonamides is 1. The van der Waals surface area contributed by atoms with Crippen molar-refractivity contribution in [3.05, 3.63) is 48.0 Å². The minimum Gasteiger partial charge on any atom is -0.494 e. The number of rotatable bonds is 6. The van der Waals surface area contributed by atoms with E-state index in [1.54, 1.807) is 14.2 Å². The first kappa shape index (κ1) is 20.8. The Kier molecular flexibility index (Phi) is 5.77. The zero-order chi connectivity index (χ0) is 21.3. The number of amides is 1. The van der Waals surface area contributed by atoms with E-state index >= 15 is 0 Å². The van der Waals surface area contributed by atoms with E-state index in [9.17, 15) is 13.2 Å². The summed E-state index contributed by atoms with van der Waals surface area (Å²) in [6, 6.07) is 11.7. The highest BCUT2D eigenvalue weighted by molar-refractivity contribution is 7.89. The number of thiazole rings is 1. The molecule has 0 radical (unpaired) electrons. The Hall–Kier alpha value is -2.49. The summed E-state index contributed by atoms with van der Waals surface area (Å²) in [6.07, 6.45) is 3.90. The molecule has 1 N–H and O–H groups in total. The maximum Gasteiger partial charge on any atom is 0.257 e. The van der Waals surface area contributed by atoms with Crippen molar-refractivity contribution in [2.24, 2.45) is 0 Å². The third-order valence-electron chi connectivity index (χ3n) is 5.45. The van der Waals surface area contributed by atoms with Crippen LogP contribution in [0.4, 0.5) is 5.13 Å². The van der Waals surface area contributed by atoms with Crippen LogP contribution in [0, 0.1) is 0 Å². The number of aromatic nitrogens is 1. The molecule has 1 aliphatic carbocycles. The van der Waals surface area contributed by atoms with E-state index in [1.807, 2.05) is 18.2 Å². The molecule has 1 amide bonds. The normalized spacial score (nSPS) is 15.0. The van der Waals surface area contributed by atoms with Crippen molar-refractivity contribution in [2.75, 3.05) is 19.5 Å². The number of benzene rings is 2. The van der Waals surface area contributed by atoms with Crippen molar-refractivity contribution in [3.8, 4) is 5.75 Å². The summed E-state index contributed by atoms with van der Waals surface area (Å²) in [4.78, 5) is 17.2. The van der Waals surface area contributed by atoms with Gasteiger partial charge in [0.25, 0.3) is 5.91 Å². The molecule has 2 aromatic carbocycles. The first-order valence-corrected chi connectivity index (χ1v) is 12.0. The van der Waals surface area contributed by atoms with Crippen LogP contribution < -0.4 is 10.1 Å². The van der Waals surface area contributed by atoms with Crippen molar-refractivity contribution in [1.82, 2.24) is 9.29 Å². The lowest BCUT2D eigenvalue weighted by atomic mass is 10.2. The Morgan fingerprint density at radius 3 is 2.53 bits per heavy atom. The summed E-state index contributed by atoms with van der Waals surface area (Å²) in [7, 11) is -0.364. The van der Waals surface area contributed by atoms with Gasteiger partial charge in [-0.05, 0) is 49.2 Å². The summed E-state index contributed by atoms with van der Waals surface area (Å²) in [5.74, 6) is 0.298. The lowest BCUT2D eigenvalue weighted by molar-refractivity contribution is 0.102. The number of carbonyl (C=O) groups excluding carboxylic acids is 1. The van der Waals surface area contributed by atoms with E-state index in [1.165, 1.54) is 39.9 Å². The molecule has 158 valence electrons. The van der Waals surface area contributed by atoms with Crippen molar-refractivity contribution in [1.29, 1.82) is 0 Å². The van der Waals surface area contributed by atoms with Gasteiger partial charge >= 0.3 is 0 Å². The van der Waals surface area contributed by atoms with Crippen LogP contribution in [0.2, 0.25) is 0 Å². The van der Waals surface area contributed by atoms with Gasteiger partial charge in [-0.3, -0.25) is 10.1 Å². The lowest BCUT2D eigenvalue weighted by Crippen LogP contribution is -2.35. The molecule has 30 heavy (non-hydrogen) atoms. The molecule has 0 aliphatic heterocycles. The van der Waals surface area contributed by atoms with Crippen LogP contribution in [0.15, 0.2) is 47.4 Å². The highest BCUT2D eigenvalue weighted by atomic mass is 32.2. The van der Waals surface area contributed by atoms with Crippen molar-refractivity contribution < 1.29 is 17.9 Å². The fraction of sp³-hybridized carbons (Fsp3) is 0.333. The van der Waals surface area contributed by atoms with Crippen LogP contribution in [0.25, 0.3) is 10.2 Å². The molecule has 1 fully saturated rings. The molecular formula is C21H23N3O4S2. The topological polar surface area (TPSA) is 88.6 Å². The van der Waals surface area contributed by atoms with Gasteiger partial charge in [0.1, 0.15) is 11.3 Å². The first-order valence-electron chi connectivity index (χ1n) is 9.73. The highest BCUT2D eigenvalue weighted by Crippen LogP contribution is 2.32. The maximum absolute atomic E-state index is 12.9. The summed E-state index contributed by atoms with van der Waals surface area (Å²) >= 11 is 1.35. The second-order valence-corrected chi connectivity index (χ2v) is 10.3. The summed E-state index contributed by atoms with van der Waals surface area (Å²) in [6.45, 7) is 0. The van der Waals surface area contributed by atoms with E-state index in [0.29, 0.717) is 22.0 Å². The van der Waals surface area contributed by atoms with E-state index < -0.39 is 10.0 Å². The maximum atomic E-state index is 12.9. The van der Waals surface area contributed by atoms with Gasteiger partial charge in [-0.2, -0.15) is 4.31 Å². The third kappa shape index (κ3) is 3.92. The van der Waals surface area contributed by atoms with Gasteiger partial charge in [-0.1, -0.05) is 30.2 Å².